The normalized spacial score (nSPS) is 38.6. The van der Waals surface area contributed by atoms with E-state index in [2.05, 4.69) is 17.1 Å². The maximum Gasteiger partial charge on any atom is 0.196 e. The van der Waals surface area contributed by atoms with Gasteiger partial charge in [0.1, 0.15) is 6.10 Å². The first-order chi connectivity index (χ1) is 7.82. The summed E-state index contributed by atoms with van der Waals surface area (Å²) in [5.41, 5.74) is 0. The van der Waals surface area contributed by atoms with Gasteiger partial charge < -0.3 is 14.6 Å². The molecule has 2 fully saturated rings. The Morgan fingerprint density at radius 2 is 1.88 bits per heavy atom. The lowest BCUT2D eigenvalue weighted by Crippen LogP contribution is -2.58. The van der Waals surface area contributed by atoms with Gasteiger partial charge in [-0.05, 0) is 12.8 Å². The fourth-order valence-electron chi connectivity index (χ4n) is 3.09. The van der Waals surface area contributed by atoms with Gasteiger partial charge in [0, 0.05) is 25.6 Å². The van der Waals surface area contributed by atoms with Crippen molar-refractivity contribution in [3.05, 3.63) is 12.2 Å². The Bertz CT molecular complexity index is 278. The molecule has 1 saturated heterocycles. The van der Waals surface area contributed by atoms with E-state index in [4.69, 9.17) is 9.47 Å². The highest BCUT2D eigenvalue weighted by molar-refractivity contribution is 5.03. The van der Waals surface area contributed by atoms with E-state index in [0.717, 1.165) is 32.4 Å². The third kappa shape index (κ3) is 1.61. The van der Waals surface area contributed by atoms with E-state index in [9.17, 15) is 5.11 Å². The van der Waals surface area contributed by atoms with E-state index in [1.165, 1.54) is 0 Å². The molecule has 0 aromatic rings. The molecule has 2 heterocycles. The standard InChI is InChI=1S/C12H19NO3/c14-11-10(13-6-1-2-7-13)4-3-5-12(11)15-8-9-16-12/h1-2,10-11,14H,3-9H2. The molecule has 1 aliphatic carbocycles. The molecule has 16 heavy (non-hydrogen) atoms. The van der Waals surface area contributed by atoms with Crippen LogP contribution in [0.1, 0.15) is 19.3 Å². The molecule has 0 amide bonds. The highest BCUT2D eigenvalue weighted by Gasteiger charge is 2.50. The minimum atomic E-state index is -0.703. The van der Waals surface area contributed by atoms with Gasteiger partial charge in [0.2, 0.25) is 0 Å². The van der Waals surface area contributed by atoms with Gasteiger partial charge in [0.15, 0.2) is 5.79 Å². The van der Waals surface area contributed by atoms with E-state index in [1.54, 1.807) is 0 Å². The fraction of sp³-hybridized carbons (Fsp3) is 0.833. The molecular formula is C12H19NO3. The van der Waals surface area contributed by atoms with Crippen molar-refractivity contribution < 1.29 is 14.6 Å². The number of nitrogens with zero attached hydrogens (tertiary/aromatic N) is 1. The second-order valence-corrected chi connectivity index (χ2v) is 4.84. The minimum Gasteiger partial charge on any atom is -0.386 e. The molecule has 1 N–H and O–H groups in total. The van der Waals surface area contributed by atoms with Gasteiger partial charge >= 0.3 is 0 Å². The Kier molecular flexibility index (Phi) is 2.75. The molecule has 2 unspecified atom stereocenters. The van der Waals surface area contributed by atoms with Crippen LogP contribution in [-0.2, 0) is 9.47 Å². The second kappa shape index (κ2) is 4.11. The number of rotatable bonds is 1. The average molecular weight is 225 g/mol. The molecule has 0 radical (unpaired) electrons. The molecule has 0 aromatic heterocycles. The van der Waals surface area contributed by atoms with E-state index in [1.807, 2.05) is 0 Å². The SMILES string of the molecule is OC1C(N2CC=CC2)CCCC12OCCO2. The molecule has 1 saturated carbocycles. The summed E-state index contributed by atoms with van der Waals surface area (Å²) in [5, 5.41) is 10.5. The molecule has 3 rings (SSSR count). The van der Waals surface area contributed by atoms with Crippen LogP contribution in [0, 0.1) is 0 Å². The number of aliphatic hydroxyl groups excluding tert-OH is 1. The van der Waals surface area contributed by atoms with Crippen molar-refractivity contribution in [2.45, 2.75) is 37.2 Å². The van der Waals surface area contributed by atoms with E-state index >= 15 is 0 Å². The Labute approximate surface area is 95.8 Å². The van der Waals surface area contributed by atoms with Crippen molar-refractivity contribution in [3.8, 4) is 0 Å². The zero-order valence-electron chi connectivity index (χ0n) is 9.47. The van der Waals surface area contributed by atoms with Crippen LogP contribution in [0.4, 0.5) is 0 Å². The van der Waals surface area contributed by atoms with Crippen molar-refractivity contribution in [2.75, 3.05) is 26.3 Å². The van der Waals surface area contributed by atoms with Crippen molar-refractivity contribution in [1.82, 2.24) is 4.90 Å². The first-order valence-electron chi connectivity index (χ1n) is 6.17. The zero-order chi connectivity index (χ0) is 11.0. The summed E-state index contributed by atoms with van der Waals surface area (Å²) in [7, 11) is 0. The largest absolute Gasteiger partial charge is 0.386 e. The first kappa shape index (κ1) is 10.7. The molecule has 2 atom stereocenters. The topological polar surface area (TPSA) is 41.9 Å². The van der Waals surface area contributed by atoms with Crippen LogP contribution in [0.15, 0.2) is 12.2 Å². The number of hydrogen-bond donors (Lipinski definition) is 1. The van der Waals surface area contributed by atoms with Crippen molar-refractivity contribution in [2.24, 2.45) is 0 Å². The Morgan fingerprint density at radius 1 is 1.19 bits per heavy atom. The van der Waals surface area contributed by atoms with Gasteiger partial charge in [-0.15, -0.1) is 0 Å². The molecule has 1 spiro atoms. The summed E-state index contributed by atoms with van der Waals surface area (Å²) in [5.74, 6) is -0.703. The van der Waals surface area contributed by atoms with Crippen LogP contribution >= 0.6 is 0 Å². The van der Waals surface area contributed by atoms with Crippen molar-refractivity contribution in [1.29, 1.82) is 0 Å². The predicted octanol–water partition coefficient (Wildman–Crippen LogP) is 0.515. The van der Waals surface area contributed by atoms with E-state index < -0.39 is 11.9 Å². The zero-order valence-corrected chi connectivity index (χ0v) is 9.47. The molecular weight excluding hydrogens is 206 g/mol. The van der Waals surface area contributed by atoms with Gasteiger partial charge in [0.25, 0.3) is 0 Å². The Balaban J connectivity index is 1.74. The summed E-state index contributed by atoms with van der Waals surface area (Å²) in [4.78, 5) is 2.30. The molecule has 4 heteroatoms. The molecule has 0 aromatic carbocycles. The van der Waals surface area contributed by atoms with Crippen LogP contribution in [0.3, 0.4) is 0 Å². The lowest BCUT2D eigenvalue weighted by molar-refractivity contribution is -0.251. The Morgan fingerprint density at radius 3 is 2.56 bits per heavy atom. The highest BCUT2D eigenvalue weighted by atomic mass is 16.7. The van der Waals surface area contributed by atoms with Gasteiger partial charge in [0.05, 0.1) is 13.2 Å². The highest BCUT2D eigenvalue weighted by Crippen LogP contribution is 2.38. The summed E-state index contributed by atoms with van der Waals surface area (Å²) < 4.78 is 11.3. The lowest BCUT2D eigenvalue weighted by atomic mass is 9.86. The van der Waals surface area contributed by atoms with Gasteiger partial charge in [-0.3, -0.25) is 4.90 Å². The third-order valence-electron chi connectivity index (χ3n) is 3.93. The third-order valence-corrected chi connectivity index (χ3v) is 3.93. The summed E-state index contributed by atoms with van der Waals surface area (Å²) in [6.45, 7) is 3.11. The quantitative estimate of drug-likeness (QED) is 0.660. The van der Waals surface area contributed by atoms with Crippen LogP contribution in [0.2, 0.25) is 0 Å². The van der Waals surface area contributed by atoms with E-state index in [0.29, 0.717) is 13.2 Å². The van der Waals surface area contributed by atoms with Gasteiger partial charge in [-0.1, -0.05) is 12.2 Å². The monoisotopic (exact) mass is 225 g/mol. The Hall–Kier alpha value is -0.420. The van der Waals surface area contributed by atoms with Crippen molar-refractivity contribution >= 4 is 0 Å². The van der Waals surface area contributed by atoms with Gasteiger partial charge in [-0.25, -0.2) is 0 Å². The second-order valence-electron chi connectivity index (χ2n) is 4.84. The molecule has 2 aliphatic heterocycles. The van der Waals surface area contributed by atoms with Crippen LogP contribution < -0.4 is 0 Å². The average Bonchev–Trinajstić information content (AvgIpc) is 2.94. The smallest absolute Gasteiger partial charge is 0.196 e. The summed E-state index contributed by atoms with van der Waals surface area (Å²) >= 11 is 0. The number of ether oxygens (including phenoxy) is 2. The summed E-state index contributed by atoms with van der Waals surface area (Å²) in [6, 6.07) is 0.182. The number of aliphatic hydroxyl groups is 1. The molecule has 4 nitrogen and oxygen atoms in total. The first-order valence-corrected chi connectivity index (χ1v) is 6.17. The van der Waals surface area contributed by atoms with Gasteiger partial charge in [-0.2, -0.15) is 0 Å². The van der Waals surface area contributed by atoms with Crippen molar-refractivity contribution in [3.63, 3.8) is 0 Å². The number of hydrogen-bond acceptors (Lipinski definition) is 4. The molecule has 90 valence electrons. The lowest BCUT2D eigenvalue weighted by Gasteiger charge is -2.44. The van der Waals surface area contributed by atoms with Crippen LogP contribution in [0.25, 0.3) is 0 Å². The fourth-order valence-corrected chi connectivity index (χ4v) is 3.09. The molecule has 3 aliphatic rings. The van der Waals surface area contributed by atoms with Crippen LogP contribution in [-0.4, -0.2) is 54.2 Å². The maximum atomic E-state index is 10.5. The maximum absolute atomic E-state index is 10.5. The van der Waals surface area contributed by atoms with E-state index in [-0.39, 0.29) is 6.04 Å². The van der Waals surface area contributed by atoms with Crippen LogP contribution in [0.5, 0.6) is 0 Å². The minimum absolute atomic E-state index is 0.182. The predicted molar refractivity (Wildman–Crippen MR) is 59.0 cm³/mol. The summed E-state index contributed by atoms with van der Waals surface area (Å²) in [6.07, 6.45) is 6.74. The molecule has 0 bridgehead atoms.